The fourth-order valence-corrected chi connectivity index (χ4v) is 7.11. The fourth-order valence-electron chi connectivity index (χ4n) is 5.77. The summed E-state index contributed by atoms with van der Waals surface area (Å²) in [5, 5.41) is 5.53. The molecule has 0 aromatic carbocycles. The molecule has 2 bridgehead atoms. The van der Waals surface area contributed by atoms with Gasteiger partial charge in [-0.15, -0.1) is 16.4 Å². The number of piperidine rings is 1. The lowest BCUT2D eigenvalue weighted by Crippen LogP contribution is -2.43. The monoisotopic (exact) mass is 441 g/mol. The van der Waals surface area contributed by atoms with E-state index < -0.39 is 0 Å². The van der Waals surface area contributed by atoms with E-state index in [9.17, 15) is 9.59 Å². The lowest BCUT2D eigenvalue weighted by atomic mass is 9.89. The molecule has 3 aromatic heterocycles. The molecule has 3 aromatic rings. The molecule has 3 aliphatic rings. The Morgan fingerprint density at radius 2 is 2.03 bits per heavy atom. The zero-order chi connectivity index (χ0) is 21.3. The highest BCUT2D eigenvalue weighted by molar-refractivity contribution is 7.19. The first kappa shape index (κ1) is 19.4. The minimum absolute atomic E-state index is 0.0619. The van der Waals surface area contributed by atoms with Gasteiger partial charge in [-0.1, -0.05) is 6.92 Å². The summed E-state index contributed by atoms with van der Waals surface area (Å²) in [6, 6.07) is 1.00. The van der Waals surface area contributed by atoms with Crippen LogP contribution in [0.3, 0.4) is 0 Å². The highest BCUT2D eigenvalue weighted by Crippen LogP contribution is 2.38. The molecule has 0 N–H and O–H groups in total. The first-order valence-electron chi connectivity index (χ1n) is 11.3. The first-order valence-corrected chi connectivity index (χ1v) is 12.1. The number of nitrogens with zero attached hydrogens (tertiary/aromatic N) is 5. The molecule has 9 heteroatoms. The molecule has 0 unspecified atom stereocenters. The minimum atomic E-state index is -0.384. The number of thiophene rings is 1. The molecule has 2 fully saturated rings. The number of ether oxygens (including phenoxy) is 1. The zero-order valence-electron chi connectivity index (χ0n) is 17.9. The maximum Gasteiger partial charge on any atom is 0.352 e. The van der Waals surface area contributed by atoms with Gasteiger partial charge in [-0.25, -0.2) is 18.9 Å². The van der Waals surface area contributed by atoms with Crippen LogP contribution in [-0.4, -0.2) is 55.3 Å². The molecular formula is C22H27N5O3S. The number of carbonyl (C=O) groups excluding carboxylic acids is 1. The van der Waals surface area contributed by atoms with Crippen LogP contribution in [-0.2, 0) is 28.9 Å². The van der Waals surface area contributed by atoms with Crippen molar-refractivity contribution in [2.75, 3.05) is 7.05 Å². The van der Waals surface area contributed by atoms with Gasteiger partial charge in [-0.05, 0) is 63.5 Å². The molecule has 31 heavy (non-hydrogen) atoms. The third-order valence-corrected chi connectivity index (χ3v) is 8.67. The molecule has 5 heterocycles. The molecule has 3 atom stereocenters. The van der Waals surface area contributed by atoms with Crippen molar-refractivity contribution < 1.29 is 9.53 Å². The largest absolute Gasteiger partial charge is 0.461 e. The van der Waals surface area contributed by atoms with E-state index in [1.54, 1.807) is 11.3 Å². The predicted octanol–water partition coefficient (Wildman–Crippen LogP) is 2.40. The average molecular weight is 442 g/mol. The third-order valence-electron chi connectivity index (χ3n) is 7.51. The SMILES string of the molecule is C[C@H]1CCc2c(sc3ncn4c(=O)n(CC(=O)OC5C[C@@H]6CC[C@@H](C5)N6C)nc4c23)C1. The Morgan fingerprint density at radius 3 is 2.81 bits per heavy atom. The van der Waals surface area contributed by atoms with Crippen LogP contribution in [0.25, 0.3) is 15.9 Å². The maximum atomic E-state index is 12.9. The van der Waals surface area contributed by atoms with Gasteiger partial charge in [0, 0.05) is 17.0 Å². The summed E-state index contributed by atoms with van der Waals surface area (Å²) in [5.41, 5.74) is 1.54. The number of carbonyl (C=O) groups is 1. The number of esters is 1. The molecule has 8 nitrogen and oxygen atoms in total. The molecule has 2 saturated heterocycles. The van der Waals surface area contributed by atoms with Gasteiger partial charge in [-0.3, -0.25) is 4.79 Å². The average Bonchev–Trinajstić information content (AvgIpc) is 3.30. The predicted molar refractivity (Wildman–Crippen MR) is 118 cm³/mol. The van der Waals surface area contributed by atoms with Crippen molar-refractivity contribution in [1.82, 2.24) is 24.1 Å². The first-order chi connectivity index (χ1) is 15.0. The molecule has 0 amide bonds. The molecule has 164 valence electrons. The van der Waals surface area contributed by atoms with Gasteiger partial charge < -0.3 is 9.64 Å². The van der Waals surface area contributed by atoms with E-state index in [1.165, 1.54) is 38.7 Å². The second-order valence-electron chi connectivity index (χ2n) is 9.54. The summed E-state index contributed by atoms with van der Waals surface area (Å²) in [5.74, 6) is 0.283. The maximum absolute atomic E-state index is 12.9. The van der Waals surface area contributed by atoms with Crippen LogP contribution in [0, 0.1) is 5.92 Å². The van der Waals surface area contributed by atoms with Crippen molar-refractivity contribution in [3.63, 3.8) is 0 Å². The van der Waals surface area contributed by atoms with Gasteiger partial charge in [0.2, 0.25) is 0 Å². The third kappa shape index (κ3) is 3.12. The number of aryl methyl sites for hydroxylation is 1. The Labute approximate surface area is 183 Å². The number of rotatable bonds is 3. The van der Waals surface area contributed by atoms with Crippen molar-refractivity contribution in [3.05, 3.63) is 27.3 Å². The van der Waals surface area contributed by atoms with Crippen molar-refractivity contribution >= 4 is 33.2 Å². The van der Waals surface area contributed by atoms with Crippen molar-refractivity contribution in [1.29, 1.82) is 0 Å². The normalized spacial score (nSPS) is 28.3. The van der Waals surface area contributed by atoms with Gasteiger partial charge in [0.15, 0.2) is 5.65 Å². The summed E-state index contributed by atoms with van der Waals surface area (Å²) < 4.78 is 8.46. The van der Waals surface area contributed by atoms with E-state index >= 15 is 0 Å². The summed E-state index contributed by atoms with van der Waals surface area (Å²) in [6.45, 7) is 2.12. The van der Waals surface area contributed by atoms with Gasteiger partial charge >= 0.3 is 11.7 Å². The van der Waals surface area contributed by atoms with Crippen LogP contribution in [0.2, 0.25) is 0 Å². The highest BCUT2D eigenvalue weighted by Gasteiger charge is 2.40. The smallest absolute Gasteiger partial charge is 0.352 e. The molecule has 0 spiro atoms. The number of hydrogen-bond donors (Lipinski definition) is 0. The van der Waals surface area contributed by atoms with Crippen LogP contribution in [0.15, 0.2) is 11.1 Å². The highest BCUT2D eigenvalue weighted by atomic mass is 32.1. The Kier molecular flexibility index (Phi) is 4.47. The molecule has 1 aliphatic carbocycles. The van der Waals surface area contributed by atoms with E-state index in [2.05, 4.69) is 29.0 Å². The van der Waals surface area contributed by atoms with E-state index in [4.69, 9.17) is 4.74 Å². The summed E-state index contributed by atoms with van der Waals surface area (Å²) in [6.07, 6.45) is 8.75. The van der Waals surface area contributed by atoms with Gasteiger partial charge in [0.25, 0.3) is 0 Å². The van der Waals surface area contributed by atoms with Crippen LogP contribution >= 0.6 is 11.3 Å². The lowest BCUT2D eigenvalue weighted by molar-refractivity contribution is -0.153. The minimum Gasteiger partial charge on any atom is -0.461 e. The summed E-state index contributed by atoms with van der Waals surface area (Å²) >= 11 is 1.71. The summed E-state index contributed by atoms with van der Waals surface area (Å²) in [7, 11) is 2.16. The Bertz CT molecular complexity index is 1230. The van der Waals surface area contributed by atoms with Gasteiger partial charge in [0.1, 0.15) is 23.8 Å². The topological polar surface area (TPSA) is 81.7 Å². The second-order valence-corrected chi connectivity index (χ2v) is 10.6. The van der Waals surface area contributed by atoms with E-state index in [0.717, 1.165) is 42.3 Å². The molecule has 6 rings (SSSR count). The number of hydrogen-bond acceptors (Lipinski definition) is 7. The van der Waals surface area contributed by atoms with Crippen LogP contribution in [0.4, 0.5) is 0 Å². The van der Waals surface area contributed by atoms with E-state index in [1.807, 2.05) is 0 Å². The van der Waals surface area contributed by atoms with Crippen molar-refractivity contribution in [2.45, 2.75) is 76.6 Å². The lowest BCUT2D eigenvalue weighted by Gasteiger charge is -2.35. The van der Waals surface area contributed by atoms with E-state index in [-0.39, 0.29) is 24.3 Å². The van der Waals surface area contributed by atoms with Crippen LogP contribution in [0.1, 0.15) is 49.5 Å². The van der Waals surface area contributed by atoms with Crippen molar-refractivity contribution in [3.8, 4) is 0 Å². The molecule has 0 saturated carbocycles. The van der Waals surface area contributed by atoms with Crippen LogP contribution in [0.5, 0.6) is 0 Å². The second kappa shape index (κ2) is 7.13. The van der Waals surface area contributed by atoms with Crippen LogP contribution < -0.4 is 5.69 Å². The fraction of sp³-hybridized carbons (Fsp3) is 0.636. The number of aromatic nitrogens is 4. The Morgan fingerprint density at radius 1 is 1.26 bits per heavy atom. The Hall–Kier alpha value is -2.26. The Balaban J connectivity index is 1.27. The standard InChI is InChI=1S/C22H27N5O3S/c1-12-3-6-16-17(7-12)31-21-19(16)20-24-27(22(29)26(20)11-23-21)10-18(28)30-15-8-13-4-5-14(9-15)25(13)2/h11-15H,3-10H2,1-2H3/t12-,13-,14-/m0/s1. The quantitative estimate of drug-likeness (QED) is 0.581. The van der Waals surface area contributed by atoms with E-state index in [0.29, 0.717) is 23.6 Å². The van der Waals surface area contributed by atoms with Gasteiger partial charge in [0.05, 0.1) is 5.39 Å². The van der Waals surface area contributed by atoms with Gasteiger partial charge in [-0.2, -0.15) is 0 Å². The molecule has 2 aliphatic heterocycles. The number of fused-ring (bicyclic) bond motifs is 7. The zero-order valence-corrected chi connectivity index (χ0v) is 18.7. The van der Waals surface area contributed by atoms with Crippen molar-refractivity contribution in [2.24, 2.45) is 5.92 Å². The molecular weight excluding hydrogens is 414 g/mol. The summed E-state index contributed by atoms with van der Waals surface area (Å²) in [4.78, 5) is 34.8. The molecule has 0 radical (unpaired) electrons.